The predicted molar refractivity (Wildman–Crippen MR) is 89.6 cm³/mol. The number of benzene rings is 1. The largest absolute Gasteiger partial charge is 0.496 e. The average molecular weight is 327 g/mol. The first-order chi connectivity index (χ1) is 11.5. The Hall–Kier alpha value is -2.76. The average Bonchev–Trinajstić information content (AvgIpc) is 2.97. The van der Waals surface area contributed by atoms with Crippen LogP contribution in [0.25, 0.3) is 22.4 Å². The van der Waals surface area contributed by atoms with Crippen LogP contribution in [0, 0.1) is 11.7 Å². The Bertz CT molecular complexity index is 902. The number of rotatable bonds is 5. The lowest BCUT2D eigenvalue weighted by atomic mass is 10.0. The smallest absolute Gasteiger partial charge is 0.166 e. The molecule has 0 saturated carbocycles. The molecule has 2 aromatic heterocycles. The van der Waals surface area contributed by atoms with Crippen LogP contribution in [0.5, 0.6) is 5.75 Å². The highest BCUT2D eigenvalue weighted by Crippen LogP contribution is 2.30. The second-order valence-corrected chi connectivity index (χ2v) is 6.02. The van der Waals surface area contributed by atoms with Crippen LogP contribution in [0.2, 0.25) is 0 Å². The van der Waals surface area contributed by atoms with Crippen molar-refractivity contribution in [2.75, 3.05) is 7.11 Å². The minimum absolute atomic E-state index is 0.00825. The summed E-state index contributed by atoms with van der Waals surface area (Å²) in [6.45, 7) is 3.98. The highest BCUT2D eigenvalue weighted by molar-refractivity contribution is 6.06. The number of carbonyl (C=O) groups is 1. The van der Waals surface area contributed by atoms with Crippen molar-refractivity contribution in [3.63, 3.8) is 0 Å². The number of fused-ring (bicyclic) bond motifs is 1. The van der Waals surface area contributed by atoms with E-state index in [2.05, 4.69) is 15.0 Å². The topological polar surface area (TPSA) is 67.9 Å². The molecule has 0 radical (unpaired) electrons. The van der Waals surface area contributed by atoms with Crippen molar-refractivity contribution in [2.24, 2.45) is 5.92 Å². The summed E-state index contributed by atoms with van der Waals surface area (Å²) in [7, 11) is 1.51. The monoisotopic (exact) mass is 327 g/mol. The second-order valence-electron chi connectivity index (χ2n) is 6.02. The maximum absolute atomic E-state index is 13.6. The number of halogens is 1. The van der Waals surface area contributed by atoms with E-state index in [9.17, 15) is 9.18 Å². The lowest BCUT2D eigenvalue weighted by Crippen LogP contribution is -2.03. The third-order valence-electron chi connectivity index (χ3n) is 3.71. The first-order valence-corrected chi connectivity index (χ1v) is 7.71. The Kier molecular flexibility index (Phi) is 4.29. The Labute approximate surface area is 138 Å². The summed E-state index contributed by atoms with van der Waals surface area (Å²) in [6.07, 6.45) is 3.59. The number of methoxy groups -OCH3 is 1. The molecule has 0 atom stereocenters. The van der Waals surface area contributed by atoms with Gasteiger partial charge in [0.1, 0.15) is 17.1 Å². The standard InChI is InChI=1S/C18H18FN3O2/c1-10(2)6-15(23)13-8-20-18-17(13)22-14(9-21-18)12-7-11(19)4-5-16(12)24-3/h4-5,7-10H,6H2,1-3H3,(H,20,21). The summed E-state index contributed by atoms with van der Waals surface area (Å²) in [6, 6.07) is 4.21. The van der Waals surface area contributed by atoms with Crippen molar-refractivity contribution in [2.45, 2.75) is 20.3 Å². The molecule has 1 aromatic carbocycles. The van der Waals surface area contributed by atoms with Gasteiger partial charge in [0.05, 0.1) is 24.6 Å². The van der Waals surface area contributed by atoms with E-state index in [1.54, 1.807) is 12.3 Å². The van der Waals surface area contributed by atoms with Crippen molar-refractivity contribution in [3.8, 4) is 17.0 Å². The molecule has 6 heteroatoms. The van der Waals surface area contributed by atoms with Crippen LogP contribution in [0.1, 0.15) is 30.6 Å². The van der Waals surface area contributed by atoms with Crippen LogP contribution in [-0.4, -0.2) is 27.8 Å². The molecule has 3 rings (SSSR count). The molecule has 0 amide bonds. The van der Waals surface area contributed by atoms with E-state index >= 15 is 0 Å². The fourth-order valence-corrected chi connectivity index (χ4v) is 2.59. The van der Waals surface area contributed by atoms with Crippen LogP contribution in [0.4, 0.5) is 4.39 Å². The highest BCUT2D eigenvalue weighted by atomic mass is 19.1. The van der Waals surface area contributed by atoms with Gasteiger partial charge in [-0.15, -0.1) is 0 Å². The zero-order valence-electron chi connectivity index (χ0n) is 13.8. The third-order valence-corrected chi connectivity index (χ3v) is 3.71. The highest BCUT2D eigenvalue weighted by Gasteiger charge is 2.17. The number of aromatic amines is 1. The SMILES string of the molecule is COc1ccc(F)cc1-c1cnc2[nH]cc(C(=O)CC(C)C)c2n1. The van der Waals surface area contributed by atoms with Gasteiger partial charge in [0, 0.05) is 18.2 Å². The summed E-state index contributed by atoms with van der Waals surface area (Å²) in [5.74, 6) is 0.365. The fourth-order valence-electron chi connectivity index (χ4n) is 2.59. The maximum atomic E-state index is 13.6. The number of nitrogens with one attached hydrogen (secondary N) is 1. The minimum atomic E-state index is -0.391. The number of Topliss-reactive ketones (excluding diaryl/α,β-unsaturated/α-hetero) is 1. The molecule has 5 nitrogen and oxygen atoms in total. The molecule has 0 unspecified atom stereocenters. The normalized spacial score (nSPS) is 11.2. The van der Waals surface area contributed by atoms with Gasteiger partial charge in [-0.25, -0.2) is 14.4 Å². The van der Waals surface area contributed by atoms with E-state index in [0.717, 1.165) is 0 Å². The quantitative estimate of drug-likeness (QED) is 0.719. The number of hydrogen-bond donors (Lipinski definition) is 1. The Balaban J connectivity index is 2.11. The molecule has 0 spiro atoms. The Morgan fingerprint density at radius 2 is 2.17 bits per heavy atom. The van der Waals surface area contributed by atoms with Crippen molar-refractivity contribution < 1.29 is 13.9 Å². The van der Waals surface area contributed by atoms with Crippen molar-refractivity contribution in [1.29, 1.82) is 0 Å². The van der Waals surface area contributed by atoms with E-state index in [4.69, 9.17) is 4.74 Å². The minimum Gasteiger partial charge on any atom is -0.496 e. The summed E-state index contributed by atoms with van der Waals surface area (Å²) >= 11 is 0. The molecule has 0 aliphatic rings. The molecular weight excluding hydrogens is 309 g/mol. The molecule has 0 saturated heterocycles. The molecule has 24 heavy (non-hydrogen) atoms. The molecule has 0 aliphatic carbocycles. The summed E-state index contributed by atoms with van der Waals surface area (Å²) in [4.78, 5) is 24.2. The summed E-state index contributed by atoms with van der Waals surface area (Å²) < 4.78 is 18.9. The van der Waals surface area contributed by atoms with Gasteiger partial charge in [-0.1, -0.05) is 13.8 Å². The third kappa shape index (κ3) is 2.99. The van der Waals surface area contributed by atoms with Crippen LogP contribution in [-0.2, 0) is 0 Å². The van der Waals surface area contributed by atoms with E-state index in [1.165, 1.54) is 25.4 Å². The molecule has 124 valence electrons. The van der Waals surface area contributed by atoms with E-state index < -0.39 is 5.82 Å². The Morgan fingerprint density at radius 3 is 2.88 bits per heavy atom. The molecule has 0 aliphatic heterocycles. The van der Waals surface area contributed by atoms with E-state index in [-0.39, 0.29) is 11.7 Å². The first-order valence-electron chi connectivity index (χ1n) is 7.71. The molecule has 2 heterocycles. The van der Waals surface area contributed by atoms with Crippen LogP contribution < -0.4 is 4.74 Å². The van der Waals surface area contributed by atoms with Gasteiger partial charge in [-0.3, -0.25) is 4.79 Å². The molecule has 0 fully saturated rings. The molecule has 0 bridgehead atoms. The van der Waals surface area contributed by atoms with E-state index in [1.807, 2.05) is 13.8 Å². The summed E-state index contributed by atoms with van der Waals surface area (Å²) in [5, 5.41) is 0. The molecular formula is C18H18FN3O2. The van der Waals surface area contributed by atoms with Gasteiger partial charge in [0.25, 0.3) is 0 Å². The van der Waals surface area contributed by atoms with Crippen molar-refractivity contribution in [3.05, 3.63) is 42.0 Å². The number of aromatic nitrogens is 3. The predicted octanol–water partition coefficient (Wildman–Crippen LogP) is 4.00. The van der Waals surface area contributed by atoms with Crippen LogP contribution >= 0.6 is 0 Å². The van der Waals surface area contributed by atoms with Crippen molar-refractivity contribution >= 4 is 16.9 Å². The number of carbonyl (C=O) groups excluding carboxylic acids is 1. The van der Waals surface area contributed by atoms with Gasteiger partial charge in [-0.2, -0.15) is 0 Å². The zero-order chi connectivity index (χ0) is 17.3. The Morgan fingerprint density at radius 1 is 1.38 bits per heavy atom. The van der Waals surface area contributed by atoms with E-state index in [0.29, 0.717) is 40.2 Å². The molecule has 1 N–H and O–H groups in total. The van der Waals surface area contributed by atoms with Gasteiger partial charge >= 0.3 is 0 Å². The zero-order valence-corrected chi connectivity index (χ0v) is 13.8. The number of nitrogens with zero attached hydrogens (tertiary/aromatic N) is 2. The number of hydrogen-bond acceptors (Lipinski definition) is 4. The first kappa shape index (κ1) is 16.1. The number of ketones is 1. The van der Waals surface area contributed by atoms with Gasteiger partial charge in [-0.05, 0) is 24.1 Å². The van der Waals surface area contributed by atoms with Gasteiger partial charge in [0.2, 0.25) is 0 Å². The second kappa shape index (κ2) is 6.39. The fraction of sp³-hybridized carbons (Fsp3) is 0.278. The van der Waals surface area contributed by atoms with Crippen LogP contribution in [0.3, 0.4) is 0 Å². The van der Waals surface area contributed by atoms with Crippen LogP contribution in [0.15, 0.2) is 30.6 Å². The number of H-pyrrole nitrogens is 1. The van der Waals surface area contributed by atoms with Gasteiger partial charge in [0.15, 0.2) is 11.4 Å². The number of ether oxygens (including phenoxy) is 1. The van der Waals surface area contributed by atoms with Crippen molar-refractivity contribution in [1.82, 2.24) is 15.0 Å². The van der Waals surface area contributed by atoms with Gasteiger partial charge < -0.3 is 9.72 Å². The molecule has 3 aromatic rings. The lowest BCUT2D eigenvalue weighted by molar-refractivity contribution is 0.0969. The lowest BCUT2D eigenvalue weighted by Gasteiger charge is -2.08. The maximum Gasteiger partial charge on any atom is 0.166 e. The summed E-state index contributed by atoms with van der Waals surface area (Å²) in [5.41, 5.74) is 2.47.